The molecule has 0 aliphatic carbocycles. The molecule has 40 heavy (non-hydrogen) atoms. The molecular weight excluding hydrogens is 518 g/mol. The molecule has 216 valence electrons. The Morgan fingerprint density at radius 3 is 2.20 bits per heavy atom. The van der Waals surface area contributed by atoms with Gasteiger partial charge in [0.05, 0.1) is 5.92 Å². The zero-order valence-corrected chi connectivity index (χ0v) is 22.9. The first-order chi connectivity index (χ1) is 18.9. The van der Waals surface area contributed by atoms with E-state index in [1.54, 1.807) is 45.0 Å². The monoisotopic (exact) mass is 555 g/mol. The number of carbonyl (C=O) groups is 3. The third-order valence-electron chi connectivity index (χ3n) is 5.47. The van der Waals surface area contributed by atoms with Crippen LogP contribution in [-0.2, 0) is 20.9 Å². The highest BCUT2D eigenvalue weighted by Gasteiger charge is 2.24. The number of benzene rings is 2. The lowest BCUT2D eigenvalue weighted by atomic mass is 9.98. The summed E-state index contributed by atoms with van der Waals surface area (Å²) in [5.74, 6) is -1.94. The summed E-state index contributed by atoms with van der Waals surface area (Å²) in [6.07, 6.45) is -0.0961. The Kier molecular flexibility index (Phi) is 12.4. The fourth-order valence-corrected chi connectivity index (χ4v) is 3.66. The molecule has 6 N–H and O–H groups in total. The molecule has 0 aliphatic heterocycles. The van der Waals surface area contributed by atoms with Gasteiger partial charge < -0.3 is 31.7 Å². The van der Waals surface area contributed by atoms with Gasteiger partial charge in [-0.25, -0.2) is 14.9 Å². The number of ether oxygens (including phenoxy) is 1. The molecule has 13 heteroatoms. The predicted molar refractivity (Wildman–Crippen MR) is 149 cm³/mol. The minimum Gasteiger partial charge on any atom is -0.444 e. The molecule has 2 rings (SSSR count). The van der Waals surface area contributed by atoms with Crippen molar-refractivity contribution in [3.63, 3.8) is 0 Å². The van der Waals surface area contributed by atoms with Gasteiger partial charge in [-0.1, -0.05) is 60.7 Å². The number of nitrogens with two attached hydrogens (primary N) is 1. The number of alkyl carbamates (subject to hydrolysis) is 1. The van der Waals surface area contributed by atoms with Crippen molar-refractivity contribution >= 4 is 23.9 Å². The molecule has 0 aliphatic rings. The van der Waals surface area contributed by atoms with Gasteiger partial charge in [-0.2, -0.15) is 0 Å². The lowest BCUT2D eigenvalue weighted by molar-refractivity contribution is -0.485. The van der Waals surface area contributed by atoms with Crippen LogP contribution in [0.3, 0.4) is 0 Å². The van der Waals surface area contributed by atoms with Gasteiger partial charge in [0, 0.05) is 19.6 Å². The van der Waals surface area contributed by atoms with Crippen LogP contribution in [-0.4, -0.2) is 53.6 Å². The normalized spacial score (nSPS) is 12.9. The zero-order chi connectivity index (χ0) is 29.5. The Labute approximate surface area is 233 Å². The smallest absolute Gasteiger partial charge is 0.407 e. The molecule has 2 aromatic carbocycles. The van der Waals surface area contributed by atoms with Gasteiger partial charge in [0.25, 0.3) is 5.96 Å². The van der Waals surface area contributed by atoms with Crippen LogP contribution in [0.2, 0.25) is 0 Å². The first-order valence-electron chi connectivity index (χ1n) is 12.8. The molecule has 0 heterocycles. The maximum absolute atomic E-state index is 13.1. The van der Waals surface area contributed by atoms with Crippen molar-refractivity contribution in [2.75, 3.05) is 13.1 Å². The van der Waals surface area contributed by atoms with Gasteiger partial charge in [0.2, 0.25) is 11.8 Å². The van der Waals surface area contributed by atoms with Gasteiger partial charge >= 0.3 is 6.09 Å². The zero-order valence-electron chi connectivity index (χ0n) is 22.9. The fraction of sp³-hybridized carbons (Fsp3) is 0.407. The molecule has 0 saturated carbocycles. The van der Waals surface area contributed by atoms with Crippen molar-refractivity contribution in [1.29, 1.82) is 0 Å². The van der Waals surface area contributed by atoms with Crippen LogP contribution in [0.1, 0.15) is 50.7 Å². The third kappa shape index (κ3) is 12.2. The van der Waals surface area contributed by atoms with Crippen molar-refractivity contribution in [3.05, 3.63) is 81.9 Å². The Morgan fingerprint density at radius 2 is 1.60 bits per heavy atom. The van der Waals surface area contributed by atoms with Gasteiger partial charge in [-0.05, 0) is 44.7 Å². The number of nitrogens with zero attached hydrogens (tertiary/aromatic N) is 2. The molecule has 0 saturated heterocycles. The van der Waals surface area contributed by atoms with Gasteiger partial charge in [0.1, 0.15) is 16.7 Å². The molecule has 3 amide bonds. The second-order valence-corrected chi connectivity index (χ2v) is 9.90. The second-order valence-electron chi connectivity index (χ2n) is 9.90. The third-order valence-corrected chi connectivity index (χ3v) is 5.47. The van der Waals surface area contributed by atoms with E-state index in [9.17, 15) is 24.5 Å². The van der Waals surface area contributed by atoms with E-state index in [1.165, 1.54) is 0 Å². The van der Waals surface area contributed by atoms with E-state index in [0.717, 1.165) is 5.56 Å². The largest absolute Gasteiger partial charge is 0.444 e. The molecule has 0 bridgehead atoms. The van der Waals surface area contributed by atoms with Gasteiger partial charge in [-0.15, -0.1) is 0 Å². The van der Waals surface area contributed by atoms with Gasteiger partial charge in [-0.3, -0.25) is 9.59 Å². The Balaban J connectivity index is 1.98. The molecule has 0 fully saturated rings. The summed E-state index contributed by atoms with van der Waals surface area (Å²) in [7, 11) is 0. The number of hydrogen-bond donors (Lipinski definition) is 5. The van der Waals surface area contributed by atoms with Crippen LogP contribution >= 0.6 is 0 Å². The standard InChI is InChI=1S/C27H37N7O6/c1-27(2,3)40-26(37)31-18-21(20-13-8-5-9-14-20)23(35)29-16-10-15-22(32-25(28)33-34(38)39)24(36)30-17-19-11-6-4-7-12-19/h4-9,11-14,21-22H,10,15-18H2,1-3H3,(H,29,35)(H,30,36)(H,31,37)(H3,28,32,33)/t21-,22?/m1/s1. The lowest BCUT2D eigenvalue weighted by Gasteiger charge is -2.22. The van der Waals surface area contributed by atoms with Crippen molar-refractivity contribution in [1.82, 2.24) is 21.3 Å². The molecular formula is C27H37N7O6. The number of guanidine groups is 1. The van der Waals surface area contributed by atoms with Crippen molar-refractivity contribution < 1.29 is 24.2 Å². The van der Waals surface area contributed by atoms with E-state index in [4.69, 9.17) is 10.5 Å². The topological polar surface area (TPSA) is 190 Å². The minimum atomic E-state index is -0.962. The fourth-order valence-electron chi connectivity index (χ4n) is 3.66. The van der Waals surface area contributed by atoms with Crippen LogP contribution in [0, 0.1) is 10.1 Å². The molecule has 2 atom stereocenters. The number of carbonyl (C=O) groups excluding carboxylic acids is 3. The first-order valence-corrected chi connectivity index (χ1v) is 12.8. The van der Waals surface area contributed by atoms with Crippen molar-refractivity contribution in [2.45, 2.75) is 57.7 Å². The molecule has 0 spiro atoms. The summed E-state index contributed by atoms with van der Waals surface area (Å²) in [6.45, 7) is 5.71. The summed E-state index contributed by atoms with van der Waals surface area (Å²) in [6, 6.07) is 17.3. The highest BCUT2D eigenvalue weighted by Crippen LogP contribution is 2.16. The van der Waals surface area contributed by atoms with E-state index >= 15 is 0 Å². The molecule has 13 nitrogen and oxygen atoms in total. The lowest BCUT2D eigenvalue weighted by Crippen LogP contribution is -2.49. The van der Waals surface area contributed by atoms with Crippen LogP contribution < -0.4 is 27.0 Å². The average Bonchev–Trinajstić information content (AvgIpc) is 2.89. The summed E-state index contributed by atoms with van der Waals surface area (Å²) in [5.41, 5.74) is 6.48. The van der Waals surface area contributed by atoms with E-state index in [-0.39, 0.29) is 32.0 Å². The molecule has 0 aromatic heterocycles. The number of rotatable bonds is 13. The quantitative estimate of drug-likeness (QED) is 0.0814. The van der Waals surface area contributed by atoms with E-state index in [0.29, 0.717) is 12.0 Å². The maximum Gasteiger partial charge on any atom is 0.407 e. The number of nitro groups is 1. The van der Waals surface area contributed by atoms with Crippen LogP contribution in [0.25, 0.3) is 0 Å². The number of hydrogen-bond acceptors (Lipinski definition) is 6. The van der Waals surface area contributed by atoms with Crippen molar-refractivity contribution in [2.24, 2.45) is 10.8 Å². The van der Waals surface area contributed by atoms with E-state index in [1.807, 2.05) is 36.4 Å². The highest BCUT2D eigenvalue weighted by molar-refractivity contribution is 5.88. The van der Waals surface area contributed by atoms with E-state index in [2.05, 4.69) is 26.4 Å². The number of hydrazone groups is 1. The number of nitrogens with one attached hydrogen (secondary N) is 4. The number of amides is 3. The SMILES string of the molecule is CC(C)(C)OC(=O)NC[C@@H](C(=O)NCCCC(NC(N)=N[N+](=O)[O-])C(=O)NCc1ccccc1)c1ccccc1. The average molecular weight is 556 g/mol. The predicted octanol–water partition coefficient (Wildman–Crippen LogP) is 1.97. The Bertz CT molecular complexity index is 1150. The summed E-state index contributed by atoms with van der Waals surface area (Å²) in [4.78, 5) is 48.7. The Hall–Kier alpha value is -4.68. The summed E-state index contributed by atoms with van der Waals surface area (Å²) in [5, 5.41) is 23.5. The minimum absolute atomic E-state index is 0.0186. The highest BCUT2D eigenvalue weighted by atomic mass is 16.7. The van der Waals surface area contributed by atoms with E-state index < -0.39 is 40.6 Å². The second kappa shape index (κ2) is 15.7. The van der Waals surface area contributed by atoms with Gasteiger partial charge in [0.15, 0.2) is 5.03 Å². The summed E-state index contributed by atoms with van der Waals surface area (Å²) >= 11 is 0. The Morgan fingerprint density at radius 1 is 0.975 bits per heavy atom. The molecule has 0 radical (unpaired) electrons. The van der Waals surface area contributed by atoms with Crippen LogP contribution in [0.15, 0.2) is 65.8 Å². The molecule has 1 unspecified atom stereocenters. The first kappa shape index (κ1) is 31.5. The summed E-state index contributed by atoms with van der Waals surface area (Å²) < 4.78 is 5.27. The maximum atomic E-state index is 13.1. The van der Waals surface area contributed by atoms with Crippen molar-refractivity contribution in [3.8, 4) is 0 Å². The van der Waals surface area contributed by atoms with Crippen LogP contribution in [0.4, 0.5) is 4.79 Å². The van der Waals surface area contributed by atoms with Crippen LogP contribution in [0.5, 0.6) is 0 Å². The molecule has 2 aromatic rings.